The number of nitrogens with one attached hydrogen (secondary N) is 2. The molecule has 1 aliphatic rings. The SMILES string of the molecule is C=CCNCC(=O)NC1CCCCC1. The summed E-state index contributed by atoms with van der Waals surface area (Å²) in [5.41, 5.74) is 0. The summed E-state index contributed by atoms with van der Waals surface area (Å²) in [6, 6.07) is 0.418. The normalized spacial score (nSPS) is 17.7. The monoisotopic (exact) mass is 196 g/mol. The van der Waals surface area contributed by atoms with Crippen LogP contribution in [-0.4, -0.2) is 25.0 Å². The molecule has 1 aliphatic carbocycles. The maximum absolute atomic E-state index is 11.4. The van der Waals surface area contributed by atoms with Crippen molar-refractivity contribution in [3.63, 3.8) is 0 Å². The molecule has 14 heavy (non-hydrogen) atoms. The van der Waals surface area contributed by atoms with Crippen LogP contribution in [0.3, 0.4) is 0 Å². The van der Waals surface area contributed by atoms with E-state index in [2.05, 4.69) is 17.2 Å². The lowest BCUT2D eigenvalue weighted by molar-refractivity contribution is -0.121. The van der Waals surface area contributed by atoms with Gasteiger partial charge in [-0.15, -0.1) is 6.58 Å². The molecule has 2 N–H and O–H groups in total. The molecule has 0 saturated heterocycles. The third-order valence-corrected chi connectivity index (χ3v) is 2.54. The topological polar surface area (TPSA) is 41.1 Å². The molecule has 0 aromatic carbocycles. The highest BCUT2D eigenvalue weighted by atomic mass is 16.1. The van der Waals surface area contributed by atoms with E-state index < -0.39 is 0 Å². The van der Waals surface area contributed by atoms with Crippen LogP contribution >= 0.6 is 0 Å². The molecule has 0 radical (unpaired) electrons. The van der Waals surface area contributed by atoms with Gasteiger partial charge in [0.15, 0.2) is 0 Å². The molecule has 0 unspecified atom stereocenters. The van der Waals surface area contributed by atoms with E-state index in [1.165, 1.54) is 19.3 Å². The Kier molecular flexibility index (Phi) is 5.30. The summed E-state index contributed by atoms with van der Waals surface area (Å²) >= 11 is 0. The fourth-order valence-electron chi connectivity index (χ4n) is 1.81. The average molecular weight is 196 g/mol. The van der Waals surface area contributed by atoms with Crippen LogP contribution in [0.2, 0.25) is 0 Å². The fraction of sp³-hybridized carbons (Fsp3) is 0.727. The molecule has 0 aromatic rings. The Morgan fingerprint density at radius 2 is 2.07 bits per heavy atom. The van der Waals surface area contributed by atoms with Gasteiger partial charge in [0, 0.05) is 12.6 Å². The maximum Gasteiger partial charge on any atom is 0.234 e. The highest BCUT2D eigenvalue weighted by molar-refractivity contribution is 5.78. The van der Waals surface area contributed by atoms with Crippen molar-refractivity contribution in [3.8, 4) is 0 Å². The van der Waals surface area contributed by atoms with Crippen LogP contribution < -0.4 is 10.6 Å². The van der Waals surface area contributed by atoms with Crippen LogP contribution in [0.5, 0.6) is 0 Å². The Labute approximate surface area is 86.0 Å². The summed E-state index contributed by atoms with van der Waals surface area (Å²) in [7, 11) is 0. The molecule has 3 nitrogen and oxygen atoms in total. The molecule has 1 saturated carbocycles. The second kappa shape index (κ2) is 6.60. The quantitative estimate of drug-likeness (QED) is 0.512. The Bertz CT molecular complexity index is 186. The molecule has 0 aliphatic heterocycles. The zero-order valence-corrected chi connectivity index (χ0v) is 8.72. The Morgan fingerprint density at radius 1 is 1.36 bits per heavy atom. The molecule has 0 heterocycles. The van der Waals surface area contributed by atoms with E-state index in [9.17, 15) is 4.79 Å². The van der Waals surface area contributed by atoms with E-state index in [0.29, 0.717) is 19.1 Å². The van der Waals surface area contributed by atoms with Gasteiger partial charge in [0.1, 0.15) is 0 Å². The van der Waals surface area contributed by atoms with Crippen molar-refractivity contribution in [1.82, 2.24) is 10.6 Å². The lowest BCUT2D eigenvalue weighted by Gasteiger charge is -2.22. The molecule has 0 bridgehead atoms. The van der Waals surface area contributed by atoms with E-state index in [0.717, 1.165) is 12.8 Å². The van der Waals surface area contributed by atoms with Gasteiger partial charge in [0.25, 0.3) is 0 Å². The first-order valence-corrected chi connectivity index (χ1v) is 5.44. The standard InChI is InChI=1S/C11H20N2O/c1-2-8-12-9-11(14)13-10-6-4-3-5-7-10/h2,10,12H,1,3-9H2,(H,13,14). The summed E-state index contributed by atoms with van der Waals surface area (Å²) < 4.78 is 0. The fourth-order valence-corrected chi connectivity index (χ4v) is 1.81. The van der Waals surface area contributed by atoms with Crippen molar-refractivity contribution in [3.05, 3.63) is 12.7 Å². The second-order valence-electron chi connectivity index (χ2n) is 3.82. The Balaban J connectivity index is 2.09. The summed E-state index contributed by atoms with van der Waals surface area (Å²) in [5, 5.41) is 6.04. The van der Waals surface area contributed by atoms with Crippen LogP contribution in [0.15, 0.2) is 12.7 Å². The summed E-state index contributed by atoms with van der Waals surface area (Å²) in [5.74, 6) is 0.110. The number of amides is 1. The molecule has 0 atom stereocenters. The van der Waals surface area contributed by atoms with Gasteiger partial charge in [-0.3, -0.25) is 4.79 Å². The molecule has 0 spiro atoms. The summed E-state index contributed by atoms with van der Waals surface area (Å²) in [6.07, 6.45) is 7.88. The van der Waals surface area contributed by atoms with E-state index in [1.807, 2.05) is 0 Å². The predicted molar refractivity (Wildman–Crippen MR) is 58.1 cm³/mol. The molecule has 1 rings (SSSR count). The van der Waals surface area contributed by atoms with Gasteiger partial charge in [-0.1, -0.05) is 25.3 Å². The van der Waals surface area contributed by atoms with Crippen LogP contribution in [0.25, 0.3) is 0 Å². The Hall–Kier alpha value is -0.830. The second-order valence-corrected chi connectivity index (χ2v) is 3.82. The van der Waals surface area contributed by atoms with Gasteiger partial charge in [0.05, 0.1) is 6.54 Å². The number of hydrogen-bond acceptors (Lipinski definition) is 2. The van der Waals surface area contributed by atoms with E-state index >= 15 is 0 Å². The number of carbonyl (C=O) groups is 1. The lowest BCUT2D eigenvalue weighted by atomic mass is 9.95. The van der Waals surface area contributed by atoms with Crippen molar-refractivity contribution in [1.29, 1.82) is 0 Å². The minimum absolute atomic E-state index is 0.110. The van der Waals surface area contributed by atoms with Gasteiger partial charge in [-0.05, 0) is 12.8 Å². The van der Waals surface area contributed by atoms with Crippen molar-refractivity contribution >= 4 is 5.91 Å². The van der Waals surface area contributed by atoms with E-state index in [1.54, 1.807) is 6.08 Å². The molecular formula is C11H20N2O. The van der Waals surface area contributed by atoms with Gasteiger partial charge >= 0.3 is 0 Å². The molecular weight excluding hydrogens is 176 g/mol. The van der Waals surface area contributed by atoms with Crippen molar-refractivity contribution in [2.24, 2.45) is 0 Å². The summed E-state index contributed by atoms with van der Waals surface area (Å²) in [6.45, 7) is 4.68. The van der Waals surface area contributed by atoms with E-state index in [4.69, 9.17) is 0 Å². The van der Waals surface area contributed by atoms with Gasteiger partial charge in [-0.25, -0.2) is 0 Å². The van der Waals surface area contributed by atoms with Crippen LogP contribution in [0.1, 0.15) is 32.1 Å². The minimum Gasteiger partial charge on any atom is -0.352 e. The van der Waals surface area contributed by atoms with Crippen LogP contribution in [-0.2, 0) is 4.79 Å². The first-order valence-electron chi connectivity index (χ1n) is 5.44. The van der Waals surface area contributed by atoms with Crippen molar-refractivity contribution < 1.29 is 4.79 Å². The van der Waals surface area contributed by atoms with Crippen LogP contribution in [0, 0.1) is 0 Å². The molecule has 0 aromatic heterocycles. The van der Waals surface area contributed by atoms with Gasteiger partial charge < -0.3 is 10.6 Å². The zero-order chi connectivity index (χ0) is 10.2. The molecule has 1 amide bonds. The molecule has 3 heteroatoms. The highest BCUT2D eigenvalue weighted by Crippen LogP contribution is 2.16. The lowest BCUT2D eigenvalue weighted by Crippen LogP contribution is -2.41. The zero-order valence-electron chi connectivity index (χ0n) is 8.72. The highest BCUT2D eigenvalue weighted by Gasteiger charge is 2.14. The largest absolute Gasteiger partial charge is 0.352 e. The van der Waals surface area contributed by atoms with Crippen LogP contribution in [0.4, 0.5) is 0 Å². The third kappa shape index (κ3) is 4.42. The molecule has 1 fully saturated rings. The minimum atomic E-state index is 0.110. The Morgan fingerprint density at radius 3 is 2.71 bits per heavy atom. The number of carbonyl (C=O) groups excluding carboxylic acids is 1. The molecule has 80 valence electrons. The van der Waals surface area contributed by atoms with Crippen molar-refractivity contribution in [2.45, 2.75) is 38.1 Å². The number of hydrogen-bond donors (Lipinski definition) is 2. The first kappa shape index (κ1) is 11.2. The average Bonchev–Trinajstić information content (AvgIpc) is 2.20. The van der Waals surface area contributed by atoms with E-state index in [-0.39, 0.29) is 5.91 Å². The smallest absolute Gasteiger partial charge is 0.234 e. The maximum atomic E-state index is 11.4. The summed E-state index contributed by atoms with van der Waals surface area (Å²) in [4.78, 5) is 11.4. The predicted octanol–water partition coefficient (Wildman–Crippen LogP) is 1.21. The van der Waals surface area contributed by atoms with Gasteiger partial charge in [0.2, 0.25) is 5.91 Å². The first-order chi connectivity index (χ1) is 6.83. The number of rotatable bonds is 5. The van der Waals surface area contributed by atoms with Gasteiger partial charge in [-0.2, -0.15) is 0 Å². The van der Waals surface area contributed by atoms with Crippen molar-refractivity contribution in [2.75, 3.05) is 13.1 Å². The third-order valence-electron chi connectivity index (χ3n) is 2.54.